The number of ether oxygens (including phenoxy) is 2. The van der Waals surface area contributed by atoms with E-state index in [0.29, 0.717) is 18.0 Å². The molecular formula is C17H28N2O3. The molecule has 2 unspecified atom stereocenters. The molecule has 1 aromatic carbocycles. The summed E-state index contributed by atoms with van der Waals surface area (Å²) in [6.07, 6.45) is 0.885. The molecule has 0 spiro atoms. The smallest absolute Gasteiger partial charge is 0.239 e. The molecule has 2 atom stereocenters. The number of likely N-dealkylation sites (N-methyl/N-ethyl adjacent to an activating group) is 1. The molecule has 0 bridgehead atoms. The van der Waals surface area contributed by atoms with Crippen molar-refractivity contribution in [2.75, 3.05) is 21.3 Å². The minimum atomic E-state index is -0.463. The molecule has 1 amide bonds. The fraction of sp³-hybridized carbons (Fsp3) is 0.588. The standard InChI is InChI=1S/C17H28N2O3/c1-7-11(2)16(18)17(20)19(4)10-13-9-15(22-6)14(21-5)8-12(13)3/h8-9,11,16H,7,10,18H2,1-6H3. The maximum Gasteiger partial charge on any atom is 0.239 e. The Bertz CT molecular complexity index is 517. The summed E-state index contributed by atoms with van der Waals surface area (Å²) in [5.41, 5.74) is 8.10. The second-order valence-corrected chi connectivity index (χ2v) is 5.74. The summed E-state index contributed by atoms with van der Waals surface area (Å²) in [6.45, 7) is 6.52. The predicted octanol–water partition coefficient (Wildman–Crippen LogP) is 2.34. The third kappa shape index (κ3) is 4.13. The molecule has 0 fully saturated rings. The van der Waals surface area contributed by atoms with Gasteiger partial charge in [0, 0.05) is 13.6 Å². The van der Waals surface area contributed by atoms with Gasteiger partial charge in [-0.1, -0.05) is 20.3 Å². The molecule has 1 rings (SSSR count). The van der Waals surface area contributed by atoms with E-state index in [1.54, 1.807) is 26.2 Å². The SMILES string of the molecule is CCC(C)C(N)C(=O)N(C)Cc1cc(OC)c(OC)cc1C. The van der Waals surface area contributed by atoms with Crippen LogP contribution in [-0.4, -0.2) is 38.1 Å². The van der Waals surface area contributed by atoms with Crippen LogP contribution in [0.3, 0.4) is 0 Å². The van der Waals surface area contributed by atoms with Crippen LogP contribution >= 0.6 is 0 Å². The lowest BCUT2D eigenvalue weighted by Gasteiger charge is -2.25. The highest BCUT2D eigenvalue weighted by atomic mass is 16.5. The Kier molecular flexibility index (Phi) is 6.68. The van der Waals surface area contributed by atoms with Crippen molar-refractivity contribution in [2.45, 2.75) is 39.8 Å². The number of hydrogen-bond donors (Lipinski definition) is 1. The molecule has 0 saturated carbocycles. The summed E-state index contributed by atoms with van der Waals surface area (Å²) in [5.74, 6) is 1.48. The van der Waals surface area contributed by atoms with Crippen molar-refractivity contribution >= 4 is 5.91 Å². The van der Waals surface area contributed by atoms with Gasteiger partial charge >= 0.3 is 0 Å². The van der Waals surface area contributed by atoms with Crippen LogP contribution in [0.25, 0.3) is 0 Å². The van der Waals surface area contributed by atoms with Gasteiger partial charge in [0.15, 0.2) is 11.5 Å². The average molecular weight is 308 g/mol. The maximum absolute atomic E-state index is 12.4. The zero-order chi connectivity index (χ0) is 16.9. The van der Waals surface area contributed by atoms with Crippen molar-refractivity contribution in [1.29, 1.82) is 0 Å². The van der Waals surface area contributed by atoms with E-state index in [1.165, 1.54) is 0 Å². The fourth-order valence-electron chi connectivity index (χ4n) is 2.28. The van der Waals surface area contributed by atoms with E-state index in [9.17, 15) is 4.79 Å². The van der Waals surface area contributed by atoms with E-state index in [1.807, 2.05) is 32.9 Å². The molecule has 0 aliphatic carbocycles. The topological polar surface area (TPSA) is 64.8 Å². The number of amides is 1. The van der Waals surface area contributed by atoms with Gasteiger partial charge in [0.1, 0.15) is 0 Å². The molecule has 22 heavy (non-hydrogen) atoms. The van der Waals surface area contributed by atoms with Gasteiger partial charge in [0.05, 0.1) is 20.3 Å². The summed E-state index contributed by atoms with van der Waals surface area (Å²) in [5, 5.41) is 0. The Morgan fingerprint density at radius 2 is 1.82 bits per heavy atom. The van der Waals surface area contributed by atoms with Crippen LogP contribution < -0.4 is 15.2 Å². The van der Waals surface area contributed by atoms with Crippen molar-refractivity contribution in [3.63, 3.8) is 0 Å². The Hall–Kier alpha value is -1.75. The number of carbonyl (C=O) groups excluding carboxylic acids is 1. The van der Waals surface area contributed by atoms with Crippen LogP contribution in [0.5, 0.6) is 11.5 Å². The van der Waals surface area contributed by atoms with Crippen LogP contribution in [0, 0.1) is 12.8 Å². The molecule has 0 aliphatic heterocycles. The number of benzene rings is 1. The first-order valence-electron chi connectivity index (χ1n) is 7.57. The van der Waals surface area contributed by atoms with Crippen LogP contribution in [-0.2, 0) is 11.3 Å². The minimum absolute atomic E-state index is 0.0384. The zero-order valence-corrected chi connectivity index (χ0v) is 14.5. The van der Waals surface area contributed by atoms with E-state index in [4.69, 9.17) is 15.2 Å². The Morgan fingerprint density at radius 3 is 2.32 bits per heavy atom. The molecule has 0 heterocycles. The zero-order valence-electron chi connectivity index (χ0n) is 14.5. The van der Waals surface area contributed by atoms with Crippen molar-refractivity contribution in [3.05, 3.63) is 23.3 Å². The molecule has 1 aromatic rings. The summed E-state index contributed by atoms with van der Waals surface area (Å²) < 4.78 is 10.6. The first-order valence-corrected chi connectivity index (χ1v) is 7.57. The number of methoxy groups -OCH3 is 2. The normalized spacial score (nSPS) is 13.4. The van der Waals surface area contributed by atoms with Gasteiger partial charge in [0.25, 0.3) is 0 Å². The molecule has 2 N–H and O–H groups in total. The van der Waals surface area contributed by atoms with E-state index < -0.39 is 6.04 Å². The number of nitrogens with two attached hydrogens (primary N) is 1. The Balaban J connectivity index is 2.92. The molecule has 5 heteroatoms. The van der Waals surface area contributed by atoms with Crippen molar-refractivity contribution in [1.82, 2.24) is 4.90 Å². The van der Waals surface area contributed by atoms with Gasteiger partial charge in [-0.25, -0.2) is 0 Å². The number of aryl methyl sites for hydroxylation is 1. The Labute approximate surface area is 133 Å². The highest BCUT2D eigenvalue weighted by molar-refractivity contribution is 5.81. The number of carbonyl (C=O) groups is 1. The van der Waals surface area contributed by atoms with Crippen LogP contribution in [0.1, 0.15) is 31.4 Å². The fourth-order valence-corrected chi connectivity index (χ4v) is 2.28. The van der Waals surface area contributed by atoms with Gasteiger partial charge < -0.3 is 20.1 Å². The first-order chi connectivity index (χ1) is 10.3. The van der Waals surface area contributed by atoms with E-state index >= 15 is 0 Å². The van der Waals surface area contributed by atoms with Crippen LogP contribution in [0.2, 0.25) is 0 Å². The molecule has 0 aliphatic rings. The van der Waals surface area contributed by atoms with Crippen molar-refractivity contribution in [2.24, 2.45) is 11.7 Å². The summed E-state index contributed by atoms with van der Waals surface area (Å²) >= 11 is 0. The average Bonchev–Trinajstić information content (AvgIpc) is 2.53. The first kappa shape index (κ1) is 18.3. The quantitative estimate of drug-likeness (QED) is 0.839. The summed E-state index contributed by atoms with van der Waals surface area (Å²) in [4.78, 5) is 14.1. The molecule has 0 aromatic heterocycles. The molecule has 5 nitrogen and oxygen atoms in total. The number of nitrogens with zero attached hydrogens (tertiary/aromatic N) is 1. The second-order valence-electron chi connectivity index (χ2n) is 5.74. The Morgan fingerprint density at radius 1 is 1.27 bits per heavy atom. The van der Waals surface area contributed by atoms with Gasteiger partial charge in [-0.3, -0.25) is 4.79 Å². The van der Waals surface area contributed by atoms with Gasteiger partial charge in [-0.15, -0.1) is 0 Å². The van der Waals surface area contributed by atoms with Gasteiger partial charge in [-0.2, -0.15) is 0 Å². The monoisotopic (exact) mass is 308 g/mol. The summed E-state index contributed by atoms with van der Waals surface area (Å²) in [6, 6.07) is 3.36. The molecular weight excluding hydrogens is 280 g/mol. The van der Waals surface area contributed by atoms with E-state index in [2.05, 4.69) is 0 Å². The van der Waals surface area contributed by atoms with Gasteiger partial charge in [0.2, 0.25) is 5.91 Å². The highest BCUT2D eigenvalue weighted by Gasteiger charge is 2.23. The van der Waals surface area contributed by atoms with Crippen LogP contribution in [0.15, 0.2) is 12.1 Å². The number of hydrogen-bond acceptors (Lipinski definition) is 4. The largest absolute Gasteiger partial charge is 0.493 e. The predicted molar refractivity (Wildman–Crippen MR) is 88.2 cm³/mol. The maximum atomic E-state index is 12.4. The van der Waals surface area contributed by atoms with Gasteiger partial charge in [-0.05, 0) is 36.1 Å². The summed E-state index contributed by atoms with van der Waals surface area (Å²) in [7, 11) is 4.99. The third-order valence-corrected chi connectivity index (χ3v) is 4.17. The van der Waals surface area contributed by atoms with Crippen LogP contribution in [0.4, 0.5) is 0 Å². The lowest BCUT2D eigenvalue weighted by atomic mass is 9.98. The lowest BCUT2D eigenvalue weighted by Crippen LogP contribution is -2.45. The highest BCUT2D eigenvalue weighted by Crippen LogP contribution is 2.30. The second kappa shape index (κ2) is 8.03. The minimum Gasteiger partial charge on any atom is -0.493 e. The number of rotatable bonds is 7. The molecule has 0 saturated heterocycles. The van der Waals surface area contributed by atoms with Crippen molar-refractivity contribution < 1.29 is 14.3 Å². The molecule has 0 radical (unpaired) electrons. The van der Waals surface area contributed by atoms with E-state index in [-0.39, 0.29) is 11.8 Å². The molecule has 124 valence electrons. The third-order valence-electron chi connectivity index (χ3n) is 4.17. The lowest BCUT2D eigenvalue weighted by molar-refractivity contribution is -0.132. The van der Waals surface area contributed by atoms with Crippen molar-refractivity contribution in [3.8, 4) is 11.5 Å². The van der Waals surface area contributed by atoms with E-state index in [0.717, 1.165) is 17.5 Å².